The van der Waals surface area contributed by atoms with E-state index in [9.17, 15) is 9.59 Å². The van der Waals surface area contributed by atoms with Gasteiger partial charge in [0, 0.05) is 25.2 Å². The molecular weight excluding hydrogens is 435 g/mol. The number of likely N-dealkylation sites (tertiary alicyclic amines) is 1. The van der Waals surface area contributed by atoms with Crippen LogP contribution in [0, 0.1) is 5.92 Å². The van der Waals surface area contributed by atoms with Crippen LogP contribution in [-0.4, -0.2) is 34.8 Å². The van der Waals surface area contributed by atoms with E-state index in [4.69, 9.17) is 17.3 Å². The predicted octanol–water partition coefficient (Wildman–Crippen LogP) is 3.63. The lowest BCUT2D eigenvalue weighted by molar-refractivity contribution is -0.139. The van der Waals surface area contributed by atoms with Crippen LogP contribution in [0.25, 0.3) is 0 Å². The van der Waals surface area contributed by atoms with Gasteiger partial charge in [0.15, 0.2) is 0 Å². The number of benzene rings is 1. The molecule has 1 aromatic carbocycles. The molecule has 2 amide bonds. The van der Waals surface area contributed by atoms with Crippen molar-refractivity contribution in [3.63, 3.8) is 0 Å². The van der Waals surface area contributed by atoms with Gasteiger partial charge in [0.1, 0.15) is 11.4 Å². The number of pyridine rings is 1. The Kier molecular flexibility index (Phi) is 9.36. The highest BCUT2D eigenvalue weighted by Crippen LogP contribution is 2.25. The Morgan fingerprint density at radius 3 is 2.31 bits per heavy atom. The molecule has 0 aliphatic carbocycles. The Balaban J connectivity index is 0.00000210. The highest BCUT2D eigenvalue weighted by atomic mass is 35.5. The van der Waals surface area contributed by atoms with Gasteiger partial charge in [-0.3, -0.25) is 9.59 Å². The molecule has 3 N–H and O–H groups in total. The van der Waals surface area contributed by atoms with E-state index in [0.717, 1.165) is 5.56 Å². The van der Waals surface area contributed by atoms with Crippen molar-refractivity contribution in [1.82, 2.24) is 9.88 Å². The monoisotopic (exact) mass is 458 g/mol. The van der Waals surface area contributed by atoms with Gasteiger partial charge in [-0.15, -0.1) is 24.8 Å². The Bertz CT molecular complexity index is 808. The molecule has 9 heteroatoms. The summed E-state index contributed by atoms with van der Waals surface area (Å²) in [7, 11) is 0. The van der Waals surface area contributed by atoms with Crippen molar-refractivity contribution in [2.24, 2.45) is 11.7 Å². The first-order valence-electron chi connectivity index (χ1n) is 8.94. The maximum Gasteiger partial charge on any atom is 0.246 e. The molecule has 3 rings (SSSR count). The van der Waals surface area contributed by atoms with E-state index >= 15 is 0 Å². The van der Waals surface area contributed by atoms with Crippen molar-refractivity contribution < 1.29 is 9.59 Å². The maximum atomic E-state index is 12.9. The molecule has 29 heavy (non-hydrogen) atoms. The van der Waals surface area contributed by atoms with Gasteiger partial charge in [-0.2, -0.15) is 0 Å². The van der Waals surface area contributed by atoms with Crippen molar-refractivity contribution in [2.75, 3.05) is 18.4 Å². The highest BCUT2D eigenvalue weighted by Gasteiger charge is 2.37. The smallest absolute Gasteiger partial charge is 0.246 e. The lowest BCUT2D eigenvalue weighted by atomic mass is 9.89. The van der Waals surface area contributed by atoms with Gasteiger partial charge in [-0.05, 0) is 37.5 Å². The van der Waals surface area contributed by atoms with Crippen molar-refractivity contribution in [2.45, 2.75) is 25.3 Å². The average molecular weight is 460 g/mol. The van der Waals surface area contributed by atoms with Crippen molar-refractivity contribution >= 4 is 54.0 Å². The number of hydrogen-bond acceptors (Lipinski definition) is 4. The van der Waals surface area contributed by atoms with Gasteiger partial charge in [-0.25, -0.2) is 4.98 Å². The normalized spacial score (nSPS) is 16.0. The summed E-state index contributed by atoms with van der Waals surface area (Å²) < 4.78 is 0. The number of halogens is 3. The summed E-state index contributed by atoms with van der Waals surface area (Å²) in [5.74, 6) is 0.108. The molecule has 2 aromatic rings. The van der Waals surface area contributed by atoms with Crippen LogP contribution in [0.5, 0.6) is 0 Å². The molecule has 1 aliphatic rings. The molecule has 2 heterocycles. The number of hydrogen-bond donors (Lipinski definition) is 2. The minimum atomic E-state index is -1.08. The number of carbonyl (C=O) groups excluding carboxylic acids is 2. The van der Waals surface area contributed by atoms with Gasteiger partial charge in [0.2, 0.25) is 11.8 Å². The van der Waals surface area contributed by atoms with Crippen molar-refractivity contribution in [1.29, 1.82) is 0 Å². The Morgan fingerprint density at radius 1 is 1.14 bits per heavy atom. The zero-order valence-electron chi connectivity index (χ0n) is 16.0. The molecule has 1 aliphatic heterocycles. The zero-order valence-corrected chi connectivity index (χ0v) is 18.4. The second-order valence-corrected chi connectivity index (χ2v) is 7.42. The van der Waals surface area contributed by atoms with Crippen LogP contribution < -0.4 is 11.1 Å². The third-order valence-corrected chi connectivity index (χ3v) is 5.17. The highest BCUT2D eigenvalue weighted by molar-refractivity contribution is 6.30. The number of aromatic nitrogens is 1. The van der Waals surface area contributed by atoms with E-state index in [1.165, 1.54) is 6.20 Å². The van der Waals surface area contributed by atoms with E-state index in [2.05, 4.69) is 10.3 Å². The molecule has 1 fully saturated rings. The summed E-state index contributed by atoms with van der Waals surface area (Å²) in [4.78, 5) is 31.2. The molecule has 1 saturated heterocycles. The Hall–Kier alpha value is -1.86. The number of nitrogens with one attached hydrogen (secondary N) is 1. The lowest BCUT2D eigenvalue weighted by Crippen LogP contribution is -2.53. The summed E-state index contributed by atoms with van der Waals surface area (Å²) in [5, 5.41) is 3.32. The molecule has 0 bridgehead atoms. The van der Waals surface area contributed by atoms with E-state index in [0.29, 0.717) is 36.8 Å². The van der Waals surface area contributed by atoms with Crippen molar-refractivity contribution in [3.8, 4) is 0 Å². The minimum Gasteiger partial charge on any atom is -0.341 e. The molecule has 1 aromatic heterocycles. The van der Waals surface area contributed by atoms with Crippen LogP contribution in [0.2, 0.25) is 5.02 Å². The quantitative estimate of drug-likeness (QED) is 0.731. The van der Waals surface area contributed by atoms with E-state index in [-0.39, 0.29) is 42.5 Å². The summed E-state index contributed by atoms with van der Waals surface area (Å²) in [6.07, 6.45) is 2.68. The number of anilines is 1. The standard InChI is InChI=1S/C20H23ClN4O2.2ClH/c1-20(22,15-5-3-2-4-6-15)19(27)25-11-9-14(10-12-25)18(26)24-17-8-7-16(21)13-23-17;;/h2-8,13-14H,9-12,22H2,1H3,(H,23,24,26);2*1H. The molecule has 0 radical (unpaired) electrons. The molecule has 1 unspecified atom stereocenters. The number of piperidine rings is 1. The molecule has 6 nitrogen and oxygen atoms in total. The number of amides is 2. The largest absolute Gasteiger partial charge is 0.341 e. The average Bonchev–Trinajstić information content (AvgIpc) is 2.70. The summed E-state index contributed by atoms with van der Waals surface area (Å²) in [6.45, 7) is 2.74. The minimum absolute atomic E-state index is 0. The van der Waals surface area contributed by atoms with Gasteiger partial charge in [0.05, 0.1) is 5.02 Å². The van der Waals surface area contributed by atoms with Crippen LogP contribution in [0.4, 0.5) is 5.82 Å². The Morgan fingerprint density at radius 2 is 1.76 bits per heavy atom. The first-order valence-corrected chi connectivity index (χ1v) is 9.32. The first kappa shape index (κ1) is 25.2. The van der Waals surface area contributed by atoms with Gasteiger partial charge in [0.25, 0.3) is 0 Å². The Labute approximate surface area is 188 Å². The molecule has 0 spiro atoms. The number of rotatable bonds is 4. The predicted molar refractivity (Wildman–Crippen MR) is 120 cm³/mol. The third-order valence-electron chi connectivity index (χ3n) is 4.95. The first-order chi connectivity index (χ1) is 12.9. The third kappa shape index (κ3) is 6.06. The van der Waals surface area contributed by atoms with Crippen molar-refractivity contribution in [3.05, 3.63) is 59.2 Å². The van der Waals surface area contributed by atoms with E-state index in [1.54, 1.807) is 24.0 Å². The SMILES string of the molecule is CC(N)(C(=O)N1CCC(C(=O)Nc2ccc(Cl)cn2)CC1)c1ccccc1.Cl.Cl. The van der Waals surface area contributed by atoms with Crippen LogP contribution in [0.1, 0.15) is 25.3 Å². The fourth-order valence-corrected chi connectivity index (χ4v) is 3.37. The molecule has 0 saturated carbocycles. The van der Waals surface area contributed by atoms with Gasteiger partial charge in [-0.1, -0.05) is 41.9 Å². The maximum absolute atomic E-state index is 12.9. The number of nitrogens with zero attached hydrogens (tertiary/aromatic N) is 2. The second-order valence-electron chi connectivity index (χ2n) is 6.99. The number of nitrogens with two attached hydrogens (primary N) is 1. The second kappa shape index (κ2) is 10.8. The van der Waals surface area contributed by atoms with Crippen LogP contribution >= 0.6 is 36.4 Å². The lowest BCUT2D eigenvalue weighted by Gasteiger charge is -2.36. The van der Waals surface area contributed by atoms with E-state index in [1.807, 2.05) is 30.3 Å². The topological polar surface area (TPSA) is 88.3 Å². The fraction of sp³-hybridized carbons (Fsp3) is 0.350. The van der Waals surface area contributed by atoms with Gasteiger partial charge < -0.3 is 16.0 Å². The van der Waals surface area contributed by atoms with Crippen LogP contribution in [0.15, 0.2) is 48.7 Å². The summed E-state index contributed by atoms with van der Waals surface area (Å²) in [6, 6.07) is 12.7. The van der Waals surface area contributed by atoms with Crippen LogP contribution in [-0.2, 0) is 15.1 Å². The number of carbonyl (C=O) groups is 2. The molecule has 158 valence electrons. The van der Waals surface area contributed by atoms with E-state index < -0.39 is 5.54 Å². The molecular formula is C20H25Cl3N4O2. The van der Waals surface area contributed by atoms with Gasteiger partial charge >= 0.3 is 0 Å². The summed E-state index contributed by atoms with van der Waals surface area (Å²) in [5.41, 5.74) is 6.03. The van der Waals surface area contributed by atoms with Crippen LogP contribution in [0.3, 0.4) is 0 Å². The zero-order chi connectivity index (χ0) is 19.4. The summed E-state index contributed by atoms with van der Waals surface area (Å²) >= 11 is 5.80. The molecule has 1 atom stereocenters. The fourth-order valence-electron chi connectivity index (χ4n) is 3.26.